The number of methoxy groups -OCH3 is 1. The Morgan fingerprint density at radius 1 is 1.26 bits per heavy atom. The van der Waals surface area contributed by atoms with Gasteiger partial charge in [-0.15, -0.1) is 0 Å². The van der Waals surface area contributed by atoms with Gasteiger partial charge in [0.2, 0.25) is 0 Å². The van der Waals surface area contributed by atoms with Crippen molar-refractivity contribution in [1.82, 2.24) is 4.98 Å². The van der Waals surface area contributed by atoms with E-state index in [1.807, 2.05) is 12.1 Å². The molecule has 0 aliphatic heterocycles. The van der Waals surface area contributed by atoms with Crippen LogP contribution in [0.5, 0.6) is 0 Å². The summed E-state index contributed by atoms with van der Waals surface area (Å²) in [7, 11) is 1.35. The highest BCUT2D eigenvalue weighted by Crippen LogP contribution is 2.22. The summed E-state index contributed by atoms with van der Waals surface area (Å²) in [4.78, 5) is 16.1. The molecule has 0 aliphatic rings. The number of hydrogen-bond acceptors (Lipinski definition) is 3. The van der Waals surface area contributed by atoms with Crippen molar-refractivity contribution >= 4 is 33.5 Å². The molecule has 3 nitrogen and oxygen atoms in total. The number of pyridine rings is 1. The molecule has 0 fully saturated rings. The standard InChI is InChI=1S/C14H11BrClNO2/c1-19-14(18)11-6-7-12(17-13(11)8-15)9-2-4-10(16)5-3-9/h2-7H,8H2,1H3. The Balaban J connectivity index is 2.44. The first-order valence-corrected chi connectivity index (χ1v) is 7.05. The molecule has 0 saturated carbocycles. The van der Waals surface area contributed by atoms with Crippen molar-refractivity contribution in [2.75, 3.05) is 7.11 Å². The minimum atomic E-state index is -0.385. The van der Waals surface area contributed by atoms with Crippen LogP contribution in [0.4, 0.5) is 0 Å². The molecule has 0 amide bonds. The van der Waals surface area contributed by atoms with Gasteiger partial charge in [-0.05, 0) is 24.3 Å². The van der Waals surface area contributed by atoms with Crippen LogP contribution in [0.3, 0.4) is 0 Å². The number of hydrogen-bond donors (Lipinski definition) is 0. The van der Waals surface area contributed by atoms with E-state index in [-0.39, 0.29) is 5.97 Å². The van der Waals surface area contributed by atoms with Crippen LogP contribution in [0.25, 0.3) is 11.3 Å². The zero-order valence-corrected chi connectivity index (χ0v) is 12.5. The molecular weight excluding hydrogens is 330 g/mol. The molecule has 0 radical (unpaired) electrons. The topological polar surface area (TPSA) is 39.2 Å². The van der Waals surface area contributed by atoms with Crippen molar-refractivity contribution in [3.8, 4) is 11.3 Å². The molecule has 0 spiro atoms. The Bertz CT molecular complexity index is 599. The quantitative estimate of drug-likeness (QED) is 0.624. The van der Waals surface area contributed by atoms with Gasteiger partial charge in [0, 0.05) is 15.9 Å². The fraction of sp³-hybridized carbons (Fsp3) is 0.143. The Labute approximate surface area is 124 Å². The highest BCUT2D eigenvalue weighted by atomic mass is 79.9. The summed E-state index contributed by atoms with van der Waals surface area (Å²) in [5.74, 6) is -0.385. The van der Waals surface area contributed by atoms with Gasteiger partial charge in [-0.2, -0.15) is 0 Å². The number of benzene rings is 1. The molecule has 1 aromatic carbocycles. The maximum absolute atomic E-state index is 11.6. The van der Waals surface area contributed by atoms with E-state index in [1.54, 1.807) is 24.3 Å². The van der Waals surface area contributed by atoms with E-state index in [2.05, 4.69) is 20.9 Å². The Morgan fingerprint density at radius 3 is 2.53 bits per heavy atom. The van der Waals surface area contributed by atoms with E-state index >= 15 is 0 Å². The van der Waals surface area contributed by atoms with Crippen molar-refractivity contribution < 1.29 is 9.53 Å². The van der Waals surface area contributed by atoms with Crippen molar-refractivity contribution in [2.24, 2.45) is 0 Å². The fourth-order valence-corrected chi connectivity index (χ4v) is 2.23. The van der Waals surface area contributed by atoms with Crippen LogP contribution in [-0.4, -0.2) is 18.1 Å². The highest BCUT2D eigenvalue weighted by molar-refractivity contribution is 9.08. The summed E-state index contributed by atoms with van der Waals surface area (Å²) in [6.07, 6.45) is 0. The first kappa shape index (κ1) is 14.0. The van der Waals surface area contributed by atoms with Crippen LogP contribution in [0.15, 0.2) is 36.4 Å². The van der Waals surface area contributed by atoms with Crippen molar-refractivity contribution in [1.29, 1.82) is 0 Å². The Hall–Kier alpha value is -1.39. The van der Waals surface area contributed by atoms with E-state index < -0.39 is 0 Å². The van der Waals surface area contributed by atoms with Crippen LogP contribution in [0, 0.1) is 0 Å². The summed E-state index contributed by atoms with van der Waals surface area (Å²) in [6.45, 7) is 0. The summed E-state index contributed by atoms with van der Waals surface area (Å²) in [5.41, 5.74) is 2.86. The lowest BCUT2D eigenvalue weighted by molar-refractivity contribution is 0.0599. The zero-order valence-electron chi connectivity index (χ0n) is 10.2. The summed E-state index contributed by atoms with van der Waals surface area (Å²) >= 11 is 9.19. The van der Waals surface area contributed by atoms with Crippen LogP contribution in [0.1, 0.15) is 16.1 Å². The minimum Gasteiger partial charge on any atom is -0.465 e. The SMILES string of the molecule is COC(=O)c1ccc(-c2ccc(Cl)cc2)nc1CBr. The molecule has 0 bridgehead atoms. The summed E-state index contributed by atoms with van der Waals surface area (Å²) < 4.78 is 4.72. The molecule has 19 heavy (non-hydrogen) atoms. The highest BCUT2D eigenvalue weighted by Gasteiger charge is 2.13. The van der Waals surface area contributed by atoms with Gasteiger partial charge in [0.15, 0.2) is 0 Å². The zero-order chi connectivity index (χ0) is 13.8. The molecule has 0 unspecified atom stereocenters. The second-order valence-corrected chi connectivity index (χ2v) is 4.82. The van der Waals surface area contributed by atoms with E-state index in [0.29, 0.717) is 21.6 Å². The van der Waals surface area contributed by atoms with E-state index in [1.165, 1.54) is 7.11 Å². The predicted octanol–water partition coefficient (Wildman–Crippen LogP) is 4.08. The number of rotatable bonds is 3. The molecule has 98 valence electrons. The average Bonchev–Trinajstić information content (AvgIpc) is 2.46. The number of carbonyl (C=O) groups excluding carboxylic acids is 1. The molecule has 1 heterocycles. The van der Waals surface area contributed by atoms with Crippen LogP contribution >= 0.6 is 27.5 Å². The minimum absolute atomic E-state index is 0.385. The molecule has 2 rings (SSSR count). The molecule has 5 heteroatoms. The molecule has 0 saturated heterocycles. The Morgan fingerprint density at radius 2 is 1.95 bits per heavy atom. The second kappa shape index (κ2) is 6.17. The van der Waals surface area contributed by atoms with Crippen molar-refractivity contribution in [3.63, 3.8) is 0 Å². The van der Waals surface area contributed by atoms with Crippen LogP contribution in [0.2, 0.25) is 5.02 Å². The van der Waals surface area contributed by atoms with E-state index in [9.17, 15) is 4.79 Å². The molecule has 0 aliphatic carbocycles. The predicted molar refractivity (Wildman–Crippen MR) is 78.7 cm³/mol. The lowest BCUT2D eigenvalue weighted by atomic mass is 10.1. The lowest BCUT2D eigenvalue weighted by Gasteiger charge is -2.07. The maximum atomic E-state index is 11.6. The third-order valence-electron chi connectivity index (χ3n) is 2.65. The van der Waals surface area contributed by atoms with E-state index in [4.69, 9.17) is 16.3 Å². The van der Waals surface area contributed by atoms with Crippen molar-refractivity contribution in [3.05, 3.63) is 52.7 Å². The maximum Gasteiger partial charge on any atom is 0.339 e. The number of ether oxygens (including phenoxy) is 1. The van der Waals surface area contributed by atoms with Crippen LogP contribution in [-0.2, 0) is 10.1 Å². The first-order valence-electron chi connectivity index (χ1n) is 5.56. The third kappa shape index (κ3) is 3.14. The van der Waals surface area contributed by atoms with Gasteiger partial charge in [-0.25, -0.2) is 4.79 Å². The second-order valence-electron chi connectivity index (χ2n) is 3.82. The van der Waals surface area contributed by atoms with Gasteiger partial charge in [-0.3, -0.25) is 4.98 Å². The molecule has 0 N–H and O–H groups in total. The molecular formula is C14H11BrClNO2. The molecule has 2 aromatic rings. The number of carbonyl (C=O) groups is 1. The largest absolute Gasteiger partial charge is 0.465 e. The summed E-state index contributed by atoms with van der Waals surface area (Å²) in [6, 6.07) is 10.9. The Kier molecular flexibility index (Phi) is 4.56. The number of halogens is 2. The average molecular weight is 341 g/mol. The van der Waals surface area contributed by atoms with Gasteiger partial charge in [0.05, 0.1) is 24.1 Å². The van der Waals surface area contributed by atoms with Gasteiger partial charge in [-0.1, -0.05) is 39.7 Å². The first-order chi connectivity index (χ1) is 9.15. The summed E-state index contributed by atoms with van der Waals surface area (Å²) in [5, 5.41) is 1.16. The monoisotopic (exact) mass is 339 g/mol. The smallest absolute Gasteiger partial charge is 0.339 e. The third-order valence-corrected chi connectivity index (χ3v) is 3.43. The number of nitrogens with zero attached hydrogens (tertiary/aromatic N) is 1. The molecule has 1 aromatic heterocycles. The number of esters is 1. The lowest BCUT2D eigenvalue weighted by Crippen LogP contribution is -2.07. The fourth-order valence-electron chi connectivity index (χ4n) is 1.68. The number of alkyl halides is 1. The van der Waals surface area contributed by atoms with E-state index in [0.717, 1.165) is 11.3 Å². The van der Waals surface area contributed by atoms with Gasteiger partial charge >= 0.3 is 5.97 Å². The van der Waals surface area contributed by atoms with Crippen LogP contribution < -0.4 is 0 Å². The molecule has 0 atom stereocenters. The van der Waals surface area contributed by atoms with Crippen molar-refractivity contribution in [2.45, 2.75) is 5.33 Å². The van der Waals surface area contributed by atoms with Gasteiger partial charge in [0.1, 0.15) is 0 Å². The van der Waals surface area contributed by atoms with Gasteiger partial charge < -0.3 is 4.74 Å². The number of aromatic nitrogens is 1. The normalized spacial score (nSPS) is 10.3. The van der Waals surface area contributed by atoms with Gasteiger partial charge in [0.25, 0.3) is 0 Å².